The summed E-state index contributed by atoms with van der Waals surface area (Å²) in [4.78, 5) is 8.48. The maximum Gasteiger partial charge on any atom is 0.171 e. The summed E-state index contributed by atoms with van der Waals surface area (Å²) >= 11 is 1.41. The Kier molecular flexibility index (Phi) is 2.83. The number of nitrogens with one attached hydrogen (secondary N) is 1. The third-order valence-electron chi connectivity index (χ3n) is 2.84. The molecule has 0 unspecified atom stereocenters. The highest BCUT2D eigenvalue weighted by Gasteiger charge is 2.09. The van der Waals surface area contributed by atoms with Crippen LogP contribution in [0.5, 0.6) is 11.5 Å². The zero-order chi connectivity index (χ0) is 13.4. The fourth-order valence-electron chi connectivity index (χ4n) is 1.88. The lowest BCUT2D eigenvalue weighted by atomic mass is 10.2. The molecule has 0 spiro atoms. The second-order valence-electron chi connectivity index (χ2n) is 4.27. The molecule has 0 bridgehead atoms. The zero-order valence-corrected chi connectivity index (χ0v) is 11.0. The van der Waals surface area contributed by atoms with Gasteiger partial charge in [0.25, 0.3) is 0 Å². The number of benzene rings is 2. The summed E-state index contributed by atoms with van der Waals surface area (Å²) in [6.45, 7) is 1.75. The van der Waals surface area contributed by atoms with Crippen molar-refractivity contribution in [1.29, 1.82) is 0 Å². The number of hydrogen-bond acceptors (Lipinski definition) is 4. The van der Waals surface area contributed by atoms with E-state index < -0.39 is 0 Å². The minimum atomic E-state index is -0.112. The van der Waals surface area contributed by atoms with Crippen LogP contribution in [0.15, 0.2) is 46.5 Å². The summed E-state index contributed by atoms with van der Waals surface area (Å²) in [5, 5.41) is 19.9. The van der Waals surface area contributed by atoms with Crippen LogP contribution in [0.3, 0.4) is 0 Å². The molecule has 3 N–H and O–H groups in total. The lowest BCUT2D eigenvalue weighted by Crippen LogP contribution is -1.80. The number of rotatable bonds is 2. The summed E-state index contributed by atoms with van der Waals surface area (Å²) < 4.78 is 0. The standard InChI is InChI=1S/C14H12N2O2S/c1-8-6-9(7-12(17)13(8)18)19-14-15-10-4-2-3-5-11(10)16-14/h2-7,17-18H,1H3,(H,15,16). The van der Waals surface area contributed by atoms with Gasteiger partial charge in [-0.3, -0.25) is 0 Å². The maximum atomic E-state index is 9.60. The van der Waals surface area contributed by atoms with Crippen molar-refractivity contribution in [3.8, 4) is 11.5 Å². The molecule has 0 radical (unpaired) electrons. The summed E-state index contributed by atoms with van der Waals surface area (Å²) in [6.07, 6.45) is 0. The van der Waals surface area contributed by atoms with E-state index in [0.29, 0.717) is 5.56 Å². The Hall–Kier alpha value is -2.14. The first-order valence-electron chi connectivity index (χ1n) is 5.78. The molecular weight excluding hydrogens is 260 g/mol. The summed E-state index contributed by atoms with van der Waals surface area (Å²) in [7, 11) is 0. The molecule has 0 fully saturated rings. The number of aromatic amines is 1. The predicted molar refractivity (Wildman–Crippen MR) is 74.7 cm³/mol. The number of para-hydroxylation sites is 2. The summed E-state index contributed by atoms with van der Waals surface area (Å²) in [6, 6.07) is 11.1. The van der Waals surface area contributed by atoms with E-state index in [1.807, 2.05) is 30.3 Å². The van der Waals surface area contributed by atoms with Gasteiger partial charge in [0.2, 0.25) is 0 Å². The number of nitrogens with zero attached hydrogens (tertiary/aromatic N) is 1. The van der Waals surface area contributed by atoms with E-state index in [4.69, 9.17) is 0 Å². The third-order valence-corrected chi connectivity index (χ3v) is 3.69. The van der Waals surface area contributed by atoms with E-state index in [2.05, 4.69) is 9.97 Å². The van der Waals surface area contributed by atoms with Crippen LogP contribution in [0.1, 0.15) is 5.56 Å². The van der Waals surface area contributed by atoms with Crippen LogP contribution in [-0.2, 0) is 0 Å². The molecule has 3 rings (SSSR count). The van der Waals surface area contributed by atoms with Crippen molar-refractivity contribution < 1.29 is 10.2 Å². The van der Waals surface area contributed by atoms with E-state index >= 15 is 0 Å². The maximum absolute atomic E-state index is 9.60. The van der Waals surface area contributed by atoms with Crippen molar-refractivity contribution in [2.24, 2.45) is 0 Å². The highest BCUT2D eigenvalue weighted by Crippen LogP contribution is 2.36. The number of aryl methyl sites for hydroxylation is 1. The van der Waals surface area contributed by atoms with Gasteiger partial charge in [-0.25, -0.2) is 4.98 Å². The Morgan fingerprint density at radius 3 is 2.68 bits per heavy atom. The van der Waals surface area contributed by atoms with Crippen molar-refractivity contribution in [2.45, 2.75) is 17.0 Å². The SMILES string of the molecule is Cc1cc(Sc2nc3ccccc3[nH]2)cc(O)c1O. The van der Waals surface area contributed by atoms with Crippen LogP contribution < -0.4 is 0 Å². The van der Waals surface area contributed by atoms with Crippen molar-refractivity contribution in [3.05, 3.63) is 42.0 Å². The molecule has 0 aliphatic heterocycles. The van der Waals surface area contributed by atoms with Crippen LogP contribution in [0.2, 0.25) is 0 Å². The number of H-pyrrole nitrogens is 1. The predicted octanol–water partition coefficient (Wildman–Crippen LogP) is 3.43. The van der Waals surface area contributed by atoms with Crippen LogP contribution >= 0.6 is 11.8 Å². The van der Waals surface area contributed by atoms with Crippen LogP contribution in [0, 0.1) is 6.92 Å². The van der Waals surface area contributed by atoms with E-state index in [1.54, 1.807) is 6.92 Å². The van der Waals surface area contributed by atoms with Crippen LogP contribution in [-0.4, -0.2) is 20.2 Å². The van der Waals surface area contributed by atoms with Gasteiger partial charge >= 0.3 is 0 Å². The highest BCUT2D eigenvalue weighted by atomic mass is 32.2. The Balaban J connectivity index is 1.96. The number of aromatic hydroxyl groups is 2. The average Bonchev–Trinajstić information content (AvgIpc) is 2.78. The largest absolute Gasteiger partial charge is 0.504 e. The molecule has 0 saturated carbocycles. The average molecular weight is 272 g/mol. The van der Waals surface area contributed by atoms with E-state index in [9.17, 15) is 10.2 Å². The molecule has 96 valence electrons. The molecule has 19 heavy (non-hydrogen) atoms. The zero-order valence-electron chi connectivity index (χ0n) is 10.2. The van der Waals surface area contributed by atoms with Gasteiger partial charge in [-0.15, -0.1) is 0 Å². The second-order valence-corrected chi connectivity index (χ2v) is 5.33. The fourth-order valence-corrected chi connectivity index (χ4v) is 2.81. The molecule has 3 aromatic rings. The Morgan fingerprint density at radius 2 is 1.95 bits per heavy atom. The quantitative estimate of drug-likeness (QED) is 0.625. The lowest BCUT2D eigenvalue weighted by Gasteiger charge is -2.04. The van der Waals surface area contributed by atoms with Crippen molar-refractivity contribution in [2.75, 3.05) is 0 Å². The molecule has 1 aromatic heterocycles. The summed E-state index contributed by atoms with van der Waals surface area (Å²) in [5.74, 6) is -0.187. The molecule has 4 nitrogen and oxygen atoms in total. The van der Waals surface area contributed by atoms with Crippen molar-refractivity contribution >= 4 is 22.8 Å². The fraction of sp³-hybridized carbons (Fsp3) is 0.0714. The van der Waals surface area contributed by atoms with E-state index in [0.717, 1.165) is 21.1 Å². The topological polar surface area (TPSA) is 69.1 Å². The number of hydrogen-bond donors (Lipinski definition) is 3. The Labute approximate surface area is 114 Å². The molecule has 1 heterocycles. The molecule has 5 heteroatoms. The van der Waals surface area contributed by atoms with E-state index in [-0.39, 0.29) is 11.5 Å². The van der Waals surface area contributed by atoms with Gasteiger partial charge in [-0.05, 0) is 36.8 Å². The van der Waals surface area contributed by atoms with Crippen LogP contribution in [0.4, 0.5) is 0 Å². The number of phenolic OH excluding ortho intramolecular Hbond substituents is 2. The number of fused-ring (bicyclic) bond motifs is 1. The highest BCUT2D eigenvalue weighted by molar-refractivity contribution is 7.99. The Morgan fingerprint density at radius 1 is 1.16 bits per heavy atom. The minimum Gasteiger partial charge on any atom is -0.504 e. The first kappa shape index (κ1) is 11.9. The second kappa shape index (κ2) is 4.51. The molecule has 0 aliphatic rings. The minimum absolute atomic E-state index is 0.0750. The normalized spacial score (nSPS) is 11.0. The monoisotopic (exact) mass is 272 g/mol. The molecule has 2 aromatic carbocycles. The van der Waals surface area contributed by atoms with E-state index in [1.165, 1.54) is 17.8 Å². The van der Waals surface area contributed by atoms with Gasteiger partial charge in [-0.1, -0.05) is 23.9 Å². The van der Waals surface area contributed by atoms with Crippen LogP contribution in [0.25, 0.3) is 11.0 Å². The molecular formula is C14H12N2O2S. The first-order chi connectivity index (χ1) is 9.13. The van der Waals surface area contributed by atoms with Crippen molar-refractivity contribution in [3.63, 3.8) is 0 Å². The molecule has 0 amide bonds. The van der Waals surface area contributed by atoms with Gasteiger partial charge < -0.3 is 15.2 Å². The number of aromatic nitrogens is 2. The summed E-state index contributed by atoms with van der Waals surface area (Å²) in [5.41, 5.74) is 2.52. The molecule has 0 aliphatic carbocycles. The van der Waals surface area contributed by atoms with Gasteiger partial charge in [-0.2, -0.15) is 0 Å². The van der Waals surface area contributed by atoms with Gasteiger partial charge in [0.05, 0.1) is 11.0 Å². The molecule has 0 saturated heterocycles. The molecule has 0 atom stereocenters. The first-order valence-corrected chi connectivity index (χ1v) is 6.60. The van der Waals surface area contributed by atoms with Gasteiger partial charge in [0, 0.05) is 4.90 Å². The third kappa shape index (κ3) is 2.24. The number of imidazole rings is 1. The number of phenols is 2. The van der Waals surface area contributed by atoms with Crippen molar-refractivity contribution in [1.82, 2.24) is 9.97 Å². The van der Waals surface area contributed by atoms with Gasteiger partial charge in [0.1, 0.15) is 0 Å². The van der Waals surface area contributed by atoms with Gasteiger partial charge in [0.15, 0.2) is 16.7 Å². The Bertz CT molecular complexity index is 696. The lowest BCUT2D eigenvalue weighted by molar-refractivity contribution is 0.400. The smallest absolute Gasteiger partial charge is 0.171 e.